The maximum Gasteiger partial charge on any atom is 0.408 e. The van der Waals surface area contributed by atoms with Crippen molar-refractivity contribution in [3.05, 3.63) is 96.9 Å². The zero-order chi connectivity index (χ0) is 43.5. The minimum Gasteiger partial charge on any atom is -0.444 e. The van der Waals surface area contributed by atoms with Gasteiger partial charge >= 0.3 is 12.2 Å². The third-order valence-corrected chi connectivity index (χ3v) is 10.2. The molecule has 14 heteroatoms. The van der Waals surface area contributed by atoms with Crippen molar-refractivity contribution in [3.8, 4) is 33.6 Å². The summed E-state index contributed by atoms with van der Waals surface area (Å²) in [7, 11) is 0. The first-order valence-corrected chi connectivity index (χ1v) is 20.5. The molecule has 2 aliphatic rings. The van der Waals surface area contributed by atoms with E-state index in [-0.39, 0.29) is 23.7 Å². The molecule has 4 aromatic rings. The number of benzene rings is 2. The molecule has 0 radical (unpaired) electrons. The van der Waals surface area contributed by atoms with Gasteiger partial charge in [0.25, 0.3) is 0 Å². The SMILES string of the molecule is CC(C)C(NC(=O)OC(C)(C)C)C(=O)N1CC=C[C@H]1c1nc(-c2ccc(-c3ccc(-c4cnc([C@@H]5C=CCN5C(=O)[C@@H](NC(=O)OC(C)(C)C)C(C)C)[nH]4)cc3)cc2)c[nH]1. The quantitative estimate of drug-likeness (QED) is 0.110. The smallest absolute Gasteiger partial charge is 0.408 e. The minimum absolute atomic E-state index is 0.156. The van der Waals surface area contributed by atoms with E-state index in [0.717, 1.165) is 33.6 Å². The van der Waals surface area contributed by atoms with E-state index < -0.39 is 47.6 Å². The summed E-state index contributed by atoms with van der Waals surface area (Å²) in [6.07, 6.45) is 10.1. The molecule has 0 spiro atoms. The van der Waals surface area contributed by atoms with Crippen LogP contribution in [-0.4, -0.2) is 90.1 Å². The lowest BCUT2D eigenvalue weighted by Crippen LogP contribution is -2.52. The fourth-order valence-corrected chi connectivity index (χ4v) is 7.17. The van der Waals surface area contributed by atoms with E-state index in [9.17, 15) is 19.2 Å². The molecule has 14 nitrogen and oxygen atoms in total. The lowest BCUT2D eigenvalue weighted by atomic mass is 10.0. The second-order valence-electron chi connectivity index (χ2n) is 18.0. The second kappa shape index (κ2) is 17.6. The topological polar surface area (TPSA) is 175 Å². The van der Waals surface area contributed by atoms with E-state index >= 15 is 0 Å². The van der Waals surface area contributed by atoms with Crippen LogP contribution in [0.25, 0.3) is 33.6 Å². The van der Waals surface area contributed by atoms with Crippen LogP contribution >= 0.6 is 0 Å². The summed E-state index contributed by atoms with van der Waals surface area (Å²) in [5, 5.41) is 5.54. The molecule has 0 saturated heterocycles. The Morgan fingerprint density at radius 1 is 0.667 bits per heavy atom. The van der Waals surface area contributed by atoms with Gasteiger partial charge in [-0.1, -0.05) is 101 Å². The monoisotopic (exact) mass is 818 g/mol. The Balaban J connectivity index is 1.09. The highest BCUT2D eigenvalue weighted by atomic mass is 16.6. The molecule has 0 fully saturated rings. The largest absolute Gasteiger partial charge is 0.444 e. The summed E-state index contributed by atoms with van der Waals surface area (Å²) >= 11 is 0. The van der Waals surface area contributed by atoms with Crippen LogP contribution in [0.4, 0.5) is 9.59 Å². The number of hydrogen-bond donors (Lipinski definition) is 4. The van der Waals surface area contributed by atoms with Gasteiger partial charge < -0.3 is 39.9 Å². The van der Waals surface area contributed by atoms with Gasteiger partial charge in [-0.3, -0.25) is 9.59 Å². The van der Waals surface area contributed by atoms with Crippen molar-refractivity contribution in [1.29, 1.82) is 0 Å². The number of alkyl carbamates (subject to hydrolysis) is 2. The summed E-state index contributed by atoms with van der Waals surface area (Å²) in [4.78, 5) is 72.3. The normalized spacial score (nSPS) is 17.6. The number of H-pyrrole nitrogens is 2. The van der Waals surface area contributed by atoms with Gasteiger partial charge in [0.05, 0.1) is 17.6 Å². The summed E-state index contributed by atoms with van der Waals surface area (Å²) in [6.45, 7) is 19.1. The lowest BCUT2D eigenvalue weighted by molar-refractivity contribution is -0.135. The molecule has 4 amide bonds. The lowest BCUT2D eigenvalue weighted by Gasteiger charge is -2.31. The van der Waals surface area contributed by atoms with Gasteiger partial charge in [0.2, 0.25) is 11.8 Å². The van der Waals surface area contributed by atoms with E-state index in [1.165, 1.54) is 0 Å². The number of rotatable bonds is 11. The number of imidazole rings is 2. The fraction of sp³-hybridized carbons (Fsp3) is 0.435. The van der Waals surface area contributed by atoms with Crippen molar-refractivity contribution in [2.45, 2.75) is 105 Å². The number of ether oxygens (including phenoxy) is 2. The molecule has 318 valence electrons. The Labute approximate surface area is 352 Å². The van der Waals surface area contributed by atoms with Gasteiger partial charge in [-0.2, -0.15) is 0 Å². The average Bonchev–Trinajstić information content (AvgIpc) is 4.01. The number of amides is 4. The molecule has 4 heterocycles. The zero-order valence-corrected chi connectivity index (χ0v) is 36.2. The standard InChI is InChI=1S/C46H58N8O6/c1-27(2)37(51-43(57)59-45(5,6)7)41(55)53-23-11-13-35(53)39-47-25-33(49-39)31-19-15-29(16-20-31)30-17-21-32(22-18-30)34-26-48-40(50-34)36-14-12-24-54(36)42(56)38(28(3)4)52-44(58)60-46(8,9)10/h11-22,25-28,35-38H,23-24H2,1-10H3,(H,47,49)(H,48,50)(H,51,57)(H,52,58)/t35-,36-,37-,38?/m0/s1. The molecule has 2 aliphatic heterocycles. The van der Waals surface area contributed by atoms with E-state index in [4.69, 9.17) is 14.5 Å². The summed E-state index contributed by atoms with van der Waals surface area (Å²) in [5.41, 5.74) is 4.13. The highest BCUT2D eigenvalue weighted by molar-refractivity contribution is 5.88. The first-order valence-electron chi connectivity index (χ1n) is 20.5. The molecule has 0 bridgehead atoms. The van der Waals surface area contributed by atoms with Crippen LogP contribution in [0.1, 0.15) is 93.0 Å². The molecule has 60 heavy (non-hydrogen) atoms. The molecule has 6 rings (SSSR count). The maximum absolute atomic E-state index is 13.7. The van der Waals surface area contributed by atoms with Crippen LogP contribution < -0.4 is 10.6 Å². The third kappa shape index (κ3) is 10.3. The first-order chi connectivity index (χ1) is 28.3. The summed E-state index contributed by atoms with van der Waals surface area (Å²) in [6, 6.07) is 14.0. The average molecular weight is 819 g/mol. The molecule has 0 saturated carbocycles. The van der Waals surface area contributed by atoms with Crippen molar-refractivity contribution in [2.24, 2.45) is 11.8 Å². The Bertz CT molecular complexity index is 2060. The molecule has 4 atom stereocenters. The predicted octanol–water partition coefficient (Wildman–Crippen LogP) is 8.11. The highest BCUT2D eigenvalue weighted by Gasteiger charge is 2.37. The number of hydrogen-bond acceptors (Lipinski definition) is 8. The van der Waals surface area contributed by atoms with Crippen molar-refractivity contribution in [1.82, 2.24) is 40.4 Å². The molecule has 2 aromatic heterocycles. The van der Waals surface area contributed by atoms with Crippen LogP contribution in [0.2, 0.25) is 0 Å². The van der Waals surface area contributed by atoms with E-state index in [1.807, 2.05) is 94.6 Å². The van der Waals surface area contributed by atoms with Crippen LogP contribution in [-0.2, 0) is 19.1 Å². The highest BCUT2D eigenvalue weighted by Crippen LogP contribution is 2.32. The van der Waals surface area contributed by atoms with Gasteiger partial charge in [0.15, 0.2) is 0 Å². The predicted molar refractivity (Wildman–Crippen MR) is 230 cm³/mol. The van der Waals surface area contributed by atoms with Gasteiger partial charge in [-0.05, 0) is 70.1 Å². The molecule has 4 N–H and O–H groups in total. The second-order valence-corrected chi connectivity index (χ2v) is 18.0. The van der Waals surface area contributed by atoms with E-state index in [0.29, 0.717) is 24.7 Å². The van der Waals surface area contributed by atoms with Crippen LogP contribution in [0, 0.1) is 11.8 Å². The van der Waals surface area contributed by atoms with Gasteiger partial charge in [-0.15, -0.1) is 0 Å². The first kappa shape index (κ1) is 43.4. The molecule has 1 unspecified atom stereocenters. The third-order valence-electron chi connectivity index (χ3n) is 10.2. The Morgan fingerprint density at radius 2 is 1.10 bits per heavy atom. The summed E-state index contributed by atoms with van der Waals surface area (Å²) in [5.74, 6) is 0.539. The van der Waals surface area contributed by atoms with Crippen LogP contribution in [0.15, 0.2) is 85.2 Å². The Kier molecular flexibility index (Phi) is 12.7. The molecular weight excluding hydrogens is 761 g/mol. The van der Waals surface area contributed by atoms with Gasteiger partial charge in [-0.25, -0.2) is 19.6 Å². The van der Waals surface area contributed by atoms with Crippen molar-refractivity contribution in [2.75, 3.05) is 13.1 Å². The van der Waals surface area contributed by atoms with E-state index in [1.54, 1.807) is 57.5 Å². The fourth-order valence-electron chi connectivity index (χ4n) is 7.17. The van der Waals surface area contributed by atoms with Crippen molar-refractivity contribution < 1.29 is 28.7 Å². The number of nitrogens with one attached hydrogen (secondary N) is 4. The van der Waals surface area contributed by atoms with Crippen LogP contribution in [0.5, 0.6) is 0 Å². The van der Waals surface area contributed by atoms with Gasteiger partial charge in [0.1, 0.15) is 47.0 Å². The zero-order valence-electron chi connectivity index (χ0n) is 36.2. The number of aromatic nitrogens is 4. The molecule has 2 aromatic carbocycles. The van der Waals surface area contributed by atoms with Crippen molar-refractivity contribution >= 4 is 24.0 Å². The van der Waals surface area contributed by atoms with Crippen molar-refractivity contribution in [3.63, 3.8) is 0 Å². The number of nitrogens with zero attached hydrogens (tertiary/aromatic N) is 4. The minimum atomic E-state index is -0.757. The van der Waals surface area contributed by atoms with Gasteiger partial charge in [0, 0.05) is 24.8 Å². The Hall–Kier alpha value is -6.18. The Morgan fingerprint density at radius 3 is 1.55 bits per heavy atom. The number of carbonyl (C=O) groups is 4. The van der Waals surface area contributed by atoms with Crippen LogP contribution in [0.3, 0.4) is 0 Å². The number of aromatic amines is 2. The molecular formula is C46H58N8O6. The summed E-state index contributed by atoms with van der Waals surface area (Å²) < 4.78 is 10.9. The maximum atomic E-state index is 13.7. The number of carbonyl (C=O) groups excluding carboxylic acids is 4. The molecule has 0 aliphatic carbocycles. The van der Waals surface area contributed by atoms with E-state index in [2.05, 4.69) is 37.7 Å².